The number of rotatable bonds is 5. The number of aryl methyl sites for hydroxylation is 2. The molecule has 0 radical (unpaired) electrons. The van der Waals surface area contributed by atoms with Crippen molar-refractivity contribution in [3.63, 3.8) is 0 Å². The fourth-order valence-electron chi connectivity index (χ4n) is 3.04. The lowest BCUT2D eigenvalue weighted by molar-refractivity contribution is -0.144. The van der Waals surface area contributed by atoms with E-state index in [9.17, 15) is 4.79 Å². The lowest BCUT2D eigenvalue weighted by atomic mass is 9.96. The number of hydrogen-bond donors (Lipinski definition) is 0. The van der Waals surface area contributed by atoms with Crippen LogP contribution in [0.3, 0.4) is 0 Å². The molecular formula is C18H27NO2. The van der Waals surface area contributed by atoms with E-state index in [1.54, 1.807) is 0 Å². The summed E-state index contributed by atoms with van der Waals surface area (Å²) in [6.45, 7) is 8.74. The third-order valence-corrected chi connectivity index (χ3v) is 4.41. The van der Waals surface area contributed by atoms with Crippen LogP contribution < -0.4 is 0 Å². The number of carbonyl (C=O) groups is 1. The fraction of sp³-hybridized carbons (Fsp3) is 0.611. The van der Waals surface area contributed by atoms with E-state index in [-0.39, 0.29) is 12.0 Å². The SMILES string of the molecule is CCOC(=O)CC(c1ccc(C)c(C)c1)N1CCCCC1. The minimum Gasteiger partial charge on any atom is -0.466 e. The summed E-state index contributed by atoms with van der Waals surface area (Å²) >= 11 is 0. The molecule has 21 heavy (non-hydrogen) atoms. The second-order valence-electron chi connectivity index (χ2n) is 5.97. The van der Waals surface area contributed by atoms with Gasteiger partial charge in [0.25, 0.3) is 0 Å². The van der Waals surface area contributed by atoms with Crippen molar-refractivity contribution < 1.29 is 9.53 Å². The monoisotopic (exact) mass is 289 g/mol. The molecular weight excluding hydrogens is 262 g/mol. The summed E-state index contributed by atoms with van der Waals surface area (Å²) < 4.78 is 5.17. The van der Waals surface area contributed by atoms with E-state index in [4.69, 9.17) is 4.74 Å². The third kappa shape index (κ3) is 4.31. The Hall–Kier alpha value is -1.35. The van der Waals surface area contributed by atoms with Crippen molar-refractivity contribution in [2.75, 3.05) is 19.7 Å². The summed E-state index contributed by atoms with van der Waals surface area (Å²) in [7, 11) is 0. The molecule has 1 aromatic rings. The van der Waals surface area contributed by atoms with Gasteiger partial charge in [0, 0.05) is 6.04 Å². The minimum atomic E-state index is -0.0914. The Morgan fingerprint density at radius 3 is 2.52 bits per heavy atom. The molecule has 3 nitrogen and oxygen atoms in total. The molecule has 0 spiro atoms. The largest absolute Gasteiger partial charge is 0.466 e. The van der Waals surface area contributed by atoms with Crippen molar-refractivity contribution >= 4 is 5.97 Å². The Morgan fingerprint density at radius 2 is 1.90 bits per heavy atom. The number of piperidine rings is 1. The molecule has 0 aliphatic carbocycles. The summed E-state index contributed by atoms with van der Waals surface area (Å²) in [5.74, 6) is -0.0914. The van der Waals surface area contributed by atoms with Gasteiger partial charge in [-0.3, -0.25) is 9.69 Å². The highest BCUT2D eigenvalue weighted by Gasteiger charge is 2.25. The predicted molar refractivity (Wildman–Crippen MR) is 85.3 cm³/mol. The van der Waals surface area contributed by atoms with Crippen LogP contribution in [0.1, 0.15) is 55.3 Å². The maximum absolute atomic E-state index is 12.0. The normalized spacial score (nSPS) is 17.5. The molecule has 0 bridgehead atoms. The number of esters is 1. The Balaban J connectivity index is 2.20. The fourth-order valence-corrected chi connectivity index (χ4v) is 3.04. The molecule has 0 aromatic heterocycles. The highest BCUT2D eigenvalue weighted by atomic mass is 16.5. The van der Waals surface area contributed by atoms with Crippen LogP contribution in [0.2, 0.25) is 0 Å². The summed E-state index contributed by atoms with van der Waals surface area (Å²) in [4.78, 5) is 14.4. The number of hydrogen-bond acceptors (Lipinski definition) is 3. The molecule has 1 aromatic carbocycles. The zero-order valence-corrected chi connectivity index (χ0v) is 13.5. The van der Waals surface area contributed by atoms with Crippen LogP contribution in [0.15, 0.2) is 18.2 Å². The van der Waals surface area contributed by atoms with Gasteiger partial charge in [-0.05, 0) is 63.4 Å². The van der Waals surface area contributed by atoms with E-state index in [1.165, 1.54) is 36.0 Å². The van der Waals surface area contributed by atoms with Crippen molar-refractivity contribution in [3.05, 3.63) is 34.9 Å². The molecule has 2 rings (SSSR count). The van der Waals surface area contributed by atoms with Crippen LogP contribution in [0.4, 0.5) is 0 Å². The molecule has 1 aliphatic rings. The average molecular weight is 289 g/mol. The van der Waals surface area contributed by atoms with Crippen LogP contribution in [-0.4, -0.2) is 30.6 Å². The second-order valence-corrected chi connectivity index (χ2v) is 5.97. The molecule has 3 heteroatoms. The summed E-state index contributed by atoms with van der Waals surface area (Å²) in [5, 5.41) is 0. The van der Waals surface area contributed by atoms with Crippen molar-refractivity contribution in [2.24, 2.45) is 0 Å². The van der Waals surface area contributed by atoms with Crippen LogP contribution in [0.25, 0.3) is 0 Å². The van der Waals surface area contributed by atoms with E-state index in [1.807, 2.05) is 6.92 Å². The molecule has 1 aliphatic heterocycles. The minimum absolute atomic E-state index is 0.0914. The zero-order chi connectivity index (χ0) is 15.2. The highest BCUT2D eigenvalue weighted by molar-refractivity contribution is 5.70. The maximum Gasteiger partial charge on any atom is 0.307 e. The first-order chi connectivity index (χ1) is 10.1. The van der Waals surface area contributed by atoms with E-state index in [0.717, 1.165) is 13.1 Å². The number of benzene rings is 1. The Kier molecular flexibility index (Phi) is 5.80. The highest BCUT2D eigenvalue weighted by Crippen LogP contribution is 2.29. The summed E-state index contributed by atoms with van der Waals surface area (Å²) in [6, 6.07) is 6.71. The second kappa shape index (κ2) is 7.60. The molecule has 0 N–H and O–H groups in total. The van der Waals surface area contributed by atoms with Gasteiger partial charge in [0.15, 0.2) is 0 Å². The molecule has 1 unspecified atom stereocenters. The first-order valence-electron chi connectivity index (χ1n) is 8.08. The smallest absolute Gasteiger partial charge is 0.307 e. The van der Waals surface area contributed by atoms with Gasteiger partial charge in [-0.15, -0.1) is 0 Å². The summed E-state index contributed by atoms with van der Waals surface area (Å²) in [6.07, 6.45) is 4.21. The van der Waals surface area contributed by atoms with Crippen molar-refractivity contribution in [1.82, 2.24) is 4.90 Å². The summed E-state index contributed by atoms with van der Waals surface area (Å²) in [5.41, 5.74) is 3.83. The van der Waals surface area contributed by atoms with Crippen LogP contribution >= 0.6 is 0 Å². The van der Waals surface area contributed by atoms with Gasteiger partial charge < -0.3 is 4.74 Å². The first kappa shape index (κ1) is 16.0. The Labute approximate surface area is 128 Å². The Morgan fingerprint density at radius 1 is 1.19 bits per heavy atom. The van der Waals surface area contributed by atoms with Crippen LogP contribution in [0.5, 0.6) is 0 Å². The molecule has 116 valence electrons. The third-order valence-electron chi connectivity index (χ3n) is 4.41. The molecule has 1 atom stereocenters. The Bertz CT molecular complexity index is 478. The van der Waals surface area contributed by atoms with E-state index < -0.39 is 0 Å². The standard InChI is InChI=1S/C18H27NO2/c1-4-21-18(20)13-17(19-10-6-5-7-11-19)16-9-8-14(2)15(3)12-16/h8-9,12,17H,4-7,10-11,13H2,1-3H3. The molecule has 0 amide bonds. The van der Waals surface area contributed by atoms with Crippen LogP contribution in [0, 0.1) is 13.8 Å². The van der Waals surface area contributed by atoms with Gasteiger partial charge in [-0.2, -0.15) is 0 Å². The maximum atomic E-state index is 12.0. The molecule has 1 heterocycles. The number of nitrogens with zero attached hydrogens (tertiary/aromatic N) is 1. The topological polar surface area (TPSA) is 29.5 Å². The lowest BCUT2D eigenvalue weighted by Gasteiger charge is -2.34. The van der Waals surface area contributed by atoms with Gasteiger partial charge in [-0.25, -0.2) is 0 Å². The number of carbonyl (C=O) groups excluding carboxylic acids is 1. The molecule has 0 saturated carbocycles. The average Bonchev–Trinajstić information content (AvgIpc) is 2.49. The quantitative estimate of drug-likeness (QED) is 0.773. The van der Waals surface area contributed by atoms with Gasteiger partial charge in [0.2, 0.25) is 0 Å². The van der Waals surface area contributed by atoms with E-state index in [0.29, 0.717) is 13.0 Å². The first-order valence-corrected chi connectivity index (χ1v) is 8.08. The van der Waals surface area contributed by atoms with Gasteiger partial charge in [-0.1, -0.05) is 24.6 Å². The number of ether oxygens (including phenoxy) is 1. The van der Waals surface area contributed by atoms with Crippen molar-refractivity contribution in [2.45, 2.75) is 52.5 Å². The molecule has 1 fully saturated rings. The van der Waals surface area contributed by atoms with Gasteiger partial charge in [0.1, 0.15) is 0 Å². The van der Waals surface area contributed by atoms with Crippen LogP contribution in [-0.2, 0) is 9.53 Å². The number of likely N-dealkylation sites (tertiary alicyclic amines) is 1. The van der Waals surface area contributed by atoms with Gasteiger partial charge in [0.05, 0.1) is 13.0 Å². The zero-order valence-electron chi connectivity index (χ0n) is 13.5. The van der Waals surface area contributed by atoms with E-state index in [2.05, 4.69) is 36.9 Å². The lowest BCUT2D eigenvalue weighted by Crippen LogP contribution is -2.35. The van der Waals surface area contributed by atoms with Gasteiger partial charge >= 0.3 is 5.97 Å². The van der Waals surface area contributed by atoms with Crippen molar-refractivity contribution in [1.29, 1.82) is 0 Å². The van der Waals surface area contributed by atoms with E-state index >= 15 is 0 Å². The molecule has 1 saturated heterocycles. The van der Waals surface area contributed by atoms with Crippen molar-refractivity contribution in [3.8, 4) is 0 Å². The predicted octanol–water partition coefficient (Wildman–Crippen LogP) is 3.78.